The Kier molecular flexibility index (Phi) is 4.06. The Morgan fingerprint density at radius 1 is 1.17 bits per heavy atom. The first-order valence-electron chi connectivity index (χ1n) is 7.12. The molecule has 23 heavy (non-hydrogen) atoms. The summed E-state index contributed by atoms with van der Waals surface area (Å²) in [6.45, 7) is 3.45. The molecule has 0 radical (unpaired) electrons. The van der Waals surface area contributed by atoms with Gasteiger partial charge in [0.05, 0.1) is 10.6 Å². The maximum absolute atomic E-state index is 12.6. The number of hydrogen-bond donors (Lipinski definition) is 0. The van der Waals surface area contributed by atoms with Crippen LogP contribution in [0.5, 0.6) is 0 Å². The van der Waals surface area contributed by atoms with Gasteiger partial charge in [-0.1, -0.05) is 12.1 Å². The smallest absolute Gasteiger partial charge is 0.318 e. The number of nitrogens with zero attached hydrogens (tertiary/aromatic N) is 2. The van der Waals surface area contributed by atoms with Crippen molar-refractivity contribution in [3.63, 3.8) is 0 Å². The van der Waals surface area contributed by atoms with Gasteiger partial charge in [-0.3, -0.25) is 4.90 Å². The molecule has 2 amide bonds. The zero-order valence-corrected chi connectivity index (χ0v) is 13.2. The van der Waals surface area contributed by atoms with Gasteiger partial charge in [0.25, 0.3) is 0 Å². The van der Waals surface area contributed by atoms with E-state index < -0.39 is 11.7 Å². The quantitative estimate of drug-likeness (QED) is 0.806. The van der Waals surface area contributed by atoms with Crippen LogP contribution in [0.25, 0.3) is 0 Å². The van der Waals surface area contributed by atoms with Crippen molar-refractivity contribution in [2.24, 2.45) is 0 Å². The Morgan fingerprint density at radius 2 is 1.87 bits per heavy atom. The predicted octanol–water partition coefficient (Wildman–Crippen LogP) is 4.52. The second-order valence-electron chi connectivity index (χ2n) is 5.51. The number of carbonyl (C=O) groups is 1. The third-order valence-corrected chi connectivity index (χ3v) is 4.80. The Bertz CT molecular complexity index is 709. The van der Waals surface area contributed by atoms with E-state index in [4.69, 9.17) is 0 Å². The monoisotopic (exact) mass is 340 g/mol. The fourth-order valence-corrected chi connectivity index (χ4v) is 3.44. The first-order valence-corrected chi connectivity index (χ1v) is 8.00. The molecule has 0 aliphatic carbocycles. The molecule has 122 valence electrons. The summed E-state index contributed by atoms with van der Waals surface area (Å²) in [7, 11) is 0. The van der Waals surface area contributed by atoms with Crippen molar-refractivity contribution in [3.05, 3.63) is 52.4 Å². The van der Waals surface area contributed by atoms with Crippen LogP contribution in [-0.4, -0.2) is 24.0 Å². The van der Waals surface area contributed by atoms with Gasteiger partial charge in [-0.25, -0.2) is 4.79 Å². The fraction of sp³-hybridized carbons (Fsp3) is 0.312. The zero-order chi connectivity index (χ0) is 16.6. The summed E-state index contributed by atoms with van der Waals surface area (Å²) in [5.41, 5.74) is 1.12. The topological polar surface area (TPSA) is 23.6 Å². The molecule has 3 nitrogen and oxygen atoms in total. The van der Waals surface area contributed by atoms with E-state index in [1.807, 2.05) is 18.4 Å². The number of anilines is 1. The SMILES string of the molecule is Cc1csc(N2CCN(Cc3ccc(C(F)(F)F)cc3)C2=O)c1. The highest BCUT2D eigenvalue weighted by Gasteiger charge is 2.32. The second kappa shape index (κ2) is 5.88. The second-order valence-corrected chi connectivity index (χ2v) is 6.40. The van der Waals surface area contributed by atoms with Crippen LogP contribution in [0.15, 0.2) is 35.7 Å². The highest BCUT2D eigenvalue weighted by Crippen LogP contribution is 2.30. The minimum atomic E-state index is -4.34. The van der Waals surface area contributed by atoms with Crippen molar-refractivity contribution in [1.82, 2.24) is 4.90 Å². The van der Waals surface area contributed by atoms with E-state index in [1.54, 1.807) is 9.80 Å². The van der Waals surface area contributed by atoms with Crippen molar-refractivity contribution in [2.45, 2.75) is 19.6 Å². The number of amides is 2. The summed E-state index contributed by atoms with van der Waals surface area (Å²) in [5, 5.41) is 2.89. The number of alkyl halides is 3. The molecule has 1 aromatic carbocycles. The lowest BCUT2D eigenvalue weighted by Crippen LogP contribution is -2.31. The summed E-state index contributed by atoms with van der Waals surface area (Å²) in [6.07, 6.45) is -4.34. The number of benzene rings is 1. The first kappa shape index (κ1) is 15.9. The number of urea groups is 1. The summed E-state index contributed by atoms with van der Waals surface area (Å²) >= 11 is 1.52. The highest BCUT2D eigenvalue weighted by molar-refractivity contribution is 7.14. The third kappa shape index (κ3) is 3.34. The number of thiophene rings is 1. The van der Waals surface area contributed by atoms with E-state index in [0.717, 1.165) is 22.7 Å². The summed E-state index contributed by atoms with van der Waals surface area (Å²) in [5.74, 6) is 0. The van der Waals surface area contributed by atoms with E-state index in [1.165, 1.54) is 23.5 Å². The lowest BCUT2D eigenvalue weighted by atomic mass is 10.1. The molecule has 3 rings (SSSR count). The summed E-state index contributed by atoms with van der Waals surface area (Å²) in [6, 6.07) is 6.81. The molecule has 2 aromatic rings. The number of aryl methyl sites for hydroxylation is 1. The number of carbonyl (C=O) groups excluding carboxylic acids is 1. The molecule has 2 heterocycles. The van der Waals surface area contributed by atoms with Gasteiger partial charge in [0.2, 0.25) is 0 Å². The van der Waals surface area contributed by atoms with Gasteiger partial charge in [-0.15, -0.1) is 11.3 Å². The first-order chi connectivity index (χ1) is 10.8. The molecule has 7 heteroatoms. The van der Waals surface area contributed by atoms with Gasteiger partial charge in [0, 0.05) is 19.6 Å². The lowest BCUT2D eigenvalue weighted by molar-refractivity contribution is -0.137. The minimum Gasteiger partial charge on any atom is -0.318 e. The normalized spacial score (nSPS) is 15.6. The van der Waals surface area contributed by atoms with E-state index in [0.29, 0.717) is 25.2 Å². The number of hydrogen-bond acceptors (Lipinski definition) is 2. The molecular weight excluding hydrogens is 325 g/mol. The van der Waals surface area contributed by atoms with Crippen LogP contribution in [-0.2, 0) is 12.7 Å². The van der Waals surface area contributed by atoms with Crippen molar-refractivity contribution in [1.29, 1.82) is 0 Å². The Morgan fingerprint density at radius 3 is 2.43 bits per heavy atom. The molecule has 0 unspecified atom stereocenters. The van der Waals surface area contributed by atoms with Gasteiger partial charge in [-0.05, 0) is 41.6 Å². The van der Waals surface area contributed by atoms with Crippen molar-refractivity contribution < 1.29 is 18.0 Å². The summed E-state index contributed by atoms with van der Waals surface area (Å²) < 4.78 is 37.7. The van der Waals surface area contributed by atoms with E-state index in [-0.39, 0.29) is 6.03 Å². The van der Waals surface area contributed by atoms with Crippen molar-refractivity contribution >= 4 is 22.4 Å². The molecule has 0 atom stereocenters. The van der Waals surface area contributed by atoms with Crippen molar-refractivity contribution in [3.8, 4) is 0 Å². The average molecular weight is 340 g/mol. The number of halogens is 3. The summed E-state index contributed by atoms with van der Waals surface area (Å²) in [4.78, 5) is 15.8. The molecule has 1 aliphatic rings. The van der Waals surface area contributed by atoms with Crippen LogP contribution < -0.4 is 4.90 Å². The lowest BCUT2D eigenvalue weighted by Gasteiger charge is -2.18. The van der Waals surface area contributed by atoms with Gasteiger partial charge in [0.15, 0.2) is 0 Å². The zero-order valence-electron chi connectivity index (χ0n) is 12.4. The third-order valence-electron chi connectivity index (χ3n) is 3.73. The van der Waals surface area contributed by atoms with Crippen LogP contribution in [0.2, 0.25) is 0 Å². The predicted molar refractivity (Wildman–Crippen MR) is 83.7 cm³/mol. The van der Waals surface area contributed by atoms with Gasteiger partial charge in [0.1, 0.15) is 0 Å². The van der Waals surface area contributed by atoms with Crippen molar-refractivity contribution in [2.75, 3.05) is 18.0 Å². The largest absolute Gasteiger partial charge is 0.416 e. The fourth-order valence-electron chi connectivity index (χ4n) is 2.51. The maximum Gasteiger partial charge on any atom is 0.416 e. The van der Waals surface area contributed by atoms with Crippen LogP contribution in [0.1, 0.15) is 16.7 Å². The molecule has 1 aliphatic heterocycles. The molecule has 0 bridgehead atoms. The molecular formula is C16H15F3N2OS. The van der Waals surface area contributed by atoms with E-state index in [9.17, 15) is 18.0 Å². The van der Waals surface area contributed by atoms with Crippen LogP contribution >= 0.6 is 11.3 Å². The van der Waals surface area contributed by atoms with Gasteiger partial charge >= 0.3 is 12.2 Å². The van der Waals surface area contributed by atoms with Gasteiger partial charge in [-0.2, -0.15) is 13.2 Å². The number of rotatable bonds is 3. The minimum absolute atomic E-state index is 0.105. The molecule has 1 saturated heterocycles. The molecule has 1 aromatic heterocycles. The van der Waals surface area contributed by atoms with Crippen LogP contribution in [0, 0.1) is 6.92 Å². The Balaban J connectivity index is 1.68. The van der Waals surface area contributed by atoms with E-state index >= 15 is 0 Å². The standard InChI is InChI=1S/C16H15F3N2OS/c1-11-8-14(23-10-11)21-7-6-20(15(21)22)9-12-2-4-13(5-3-12)16(17,18)19/h2-5,8,10H,6-7,9H2,1H3. The molecule has 0 spiro atoms. The van der Waals surface area contributed by atoms with E-state index in [2.05, 4.69) is 0 Å². The Hall–Kier alpha value is -2.02. The van der Waals surface area contributed by atoms with Gasteiger partial charge < -0.3 is 4.90 Å². The molecule has 0 N–H and O–H groups in total. The molecule has 1 fully saturated rings. The van der Waals surface area contributed by atoms with Crippen LogP contribution in [0.4, 0.5) is 23.0 Å². The molecule has 0 saturated carbocycles. The maximum atomic E-state index is 12.6. The highest BCUT2D eigenvalue weighted by atomic mass is 32.1. The van der Waals surface area contributed by atoms with Crippen LogP contribution in [0.3, 0.4) is 0 Å². The Labute approximate surface area is 135 Å². The average Bonchev–Trinajstić information content (AvgIpc) is 3.06.